The summed E-state index contributed by atoms with van der Waals surface area (Å²) in [7, 11) is 0. The van der Waals surface area contributed by atoms with E-state index in [1.807, 2.05) is 39.0 Å². The number of Topliss-reactive ketones (excluding diaryl/α,β-unsaturated/α-hetero) is 2. The van der Waals surface area contributed by atoms with Gasteiger partial charge in [-0.05, 0) is 101 Å². The van der Waals surface area contributed by atoms with Crippen LogP contribution in [0.1, 0.15) is 126 Å². The van der Waals surface area contributed by atoms with E-state index < -0.39 is 84.1 Å². The van der Waals surface area contributed by atoms with E-state index >= 15 is 0 Å². The smallest absolute Gasteiger partial charge is 0.329 e. The number of aliphatic hydroxyl groups excluding tert-OH is 5. The van der Waals surface area contributed by atoms with Crippen LogP contribution in [0.25, 0.3) is 0 Å². The number of ketones is 2. The van der Waals surface area contributed by atoms with Crippen LogP contribution in [0.5, 0.6) is 0 Å². The van der Waals surface area contributed by atoms with Crippen LogP contribution in [-0.4, -0.2) is 120 Å². The zero-order valence-corrected chi connectivity index (χ0v) is 36.8. The molecule has 2 bridgehead atoms. The largest absolute Gasteiger partial charge is 0.460 e. The molecule has 0 aromatic heterocycles. The van der Waals surface area contributed by atoms with E-state index in [-0.39, 0.29) is 60.8 Å². The van der Waals surface area contributed by atoms with Crippen LogP contribution in [0, 0.1) is 35.5 Å². The highest BCUT2D eigenvalue weighted by molar-refractivity contribution is 5.87. The van der Waals surface area contributed by atoms with Crippen molar-refractivity contribution in [1.82, 2.24) is 4.90 Å². The second-order valence-electron chi connectivity index (χ2n) is 18.7. The minimum Gasteiger partial charge on any atom is -0.460 e. The van der Waals surface area contributed by atoms with Gasteiger partial charge in [-0.2, -0.15) is 0 Å². The van der Waals surface area contributed by atoms with E-state index in [4.69, 9.17) is 9.47 Å². The van der Waals surface area contributed by atoms with Gasteiger partial charge < -0.3 is 45.0 Å². The van der Waals surface area contributed by atoms with Crippen molar-refractivity contribution in [3.8, 4) is 0 Å². The third kappa shape index (κ3) is 13.5. The summed E-state index contributed by atoms with van der Waals surface area (Å²) in [5.74, 6) is -5.86. The van der Waals surface area contributed by atoms with Crippen LogP contribution in [-0.2, 0) is 28.7 Å². The molecule has 1 saturated carbocycles. The van der Waals surface area contributed by atoms with E-state index in [1.165, 1.54) is 11.0 Å². The Morgan fingerprint density at radius 2 is 1.55 bits per heavy atom. The number of esters is 1. The Morgan fingerprint density at radius 1 is 0.833 bits per heavy atom. The van der Waals surface area contributed by atoms with Gasteiger partial charge in [0.05, 0.1) is 30.8 Å². The molecule has 4 aliphatic rings. The quantitative estimate of drug-likeness (QED) is 0.170. The Kier molecular flexibility index (Phi) is 18.5. The van der Waals surface area contributed by atoms with Gasteiger partial charge >= 0.3 is 5.97 Å². The number of fused-ring (bicyclic) bond motifs is 3. The van der Waals surface area contributed by atoms with E-state index in [0.717, 1.165) is 0 Å². The van der Waals surface area contributed by atoms with Crippen molar-refractivity contribution in [1.29, 1.82) is 0 Å². The number of cyclic esters (lactones) is 1. The first-order chi connectivity index (χ1) is 28.2. The molecule has 6 N–H and O–H groups in total. The highest BCUT2D eigenvalue weighted by Crippen LogP contribution is 2.38. The van der Waals surface area contributed by atoms with Crippen LogP contribution >= 0.6 is 0 Å². The number of ether oxygens (including phenoxy) is 2. The van der Waals surface area contributed by atoms with Gasteiger partial charge in [-0.25, -0.2) is 4.79 Å². The lowest BCUT2D eigenvalue weighted by molar-refractivity contribution is -0.283. The molecule has 0 radical (unpaired) electrons. The summed E-state index contributed by atoms with van der Waals surface area (Å²) in [4.78, 5) is 56.5. The molecule has 1 amide bonds. The monoisotopic (exact) mass is 844 g/mol. The van der Waals surface area contributed by atoms with Crippen LogP contribution < -0.4 is 0 Å². The Labute approximate surface area is 356 Å². The van der Waals surface area contributed by atoms with Crippen LogP contribution in [0.15, 0.2) is 47.6 Å². The Bertz CT molecular complexity index is 1610. The van der Waals surface area contributed by atoms with Crippen LogP contribution in [0.4, 0.5) is 0 Å². The lowest BCUT2D eigenvalue weighted by Crippen LogP contribution is -2.52. The highest BCUT2D eigenvalue weighted by Gasteiger charge is 2.47. The summed E-state index contributed by atoms with van der Waals surface area (Å²) >= 11 is 0. The number of rotatable bonds is 3. The fourth-order valence-corrected chi connectivity index (χ4v) is 9.32. The molecule has 13 nitrogen and oxygen atoms in total. The van der Waals surface area contributed by atoms with Gasteiger partial charge in [0.15, 0.2) is 11.6 Å². The summed E-state index contributed by atoms with van der Waals surface area (Å²) in [6, 6.07) is -0.945. The van der Waals surface area contributed by atoms with Gasteiger partial charge in [-0.3, -0.25) is 14.4 Å². The minimum atomic E-state index is -1.81. The summed E-state index contributed by atoms with van der Waals surface area (Å²) in [5, 5.41) is 65.3. The van der Waals surface area contributed by atoms with Crippen molar-refractivity contribution in [3.63, 3.8) is 0 Å². The minimum absolute atomic E-state index is 0.0152. The van der Waals surface area contributed by atoms with E-state index in [0.29, 0.717) is 63.4 Å². The fourth-order valence-electron chi connectivity index (χ4n) is 9.32. The molecule has 2 saturated heterocycles. The zero-order valence-electron chi connectivity index (χ0n) is 36.8. The predicted molar refractivity (Wildman–Crippen MR) is 226 cm³/mol. The number of hydrogen-bond acceptors (Lipinski definition) is 12. The Hall–Kier alpha value is -3.04. The fraction of sp³-hybridized carbons (Fsp3) is 0.745. The standard InChI is InChI=1S/C47H73NO12/c1-27-12-9-8-10-13-28(2)38(50)24-35-17-15-33(7)47(58,60-35)26-42(53)48-19-11-14-36(48)46(57)59-41(30(4)22-34-16-18-37(49)40(52)23-34)25-39(51)29(3)21-32(6)44(55)45(56)43(54)31(5)20-27/h8-10,12-13,21,27,29-31,33-38,40-41,44-45,49-50,52,55-56,58H,11,14-20,22-26H2,1-7H3/b10-8+,12-9+,28-13+,32-21+/t27-,29-,30-,31-,33-,34?,35+,36+,37+,38+,40+,41+,44-,45+,47+/m1/s1. The Morgan fingerprint density at radius 3 is 2.25 bits per heavy atom. The average Bonchev–Trinajstić information content (AvgIpc) is 3.69. The molecule has 1 aliphatic carbocycles. The van der Waals surface area contributed by atoms with Gasteiger partial charge in [0, 0.05) is 37.1 Å². The molecule has 3 aliphatic heterocycles. The van der Waals surface area contributed by atoms with Crippen molar-refractivity contribution in [2.45, 2.75) is 180 Å². The number of allylic oxidation sites excluding steroid dienone is 6. The van der Waals surface area contributed by atoms with Crippen molar-refractivity contribution >= 4 is 23.4 Å². The highest BCUT2D eigenvalue weighted by atomic mass is 16.6. The van der Waals surface area contributed by atoms with Gasteiger partial charge in [0.1, 0.15) is 30.1 Å². The van der Waals surface area contributed by atoms with Gasteiger partial charge in [0.25, 0.3) is 0 Å². The first kappa shape index (κ1) is 49.6. The molecule has 338 valence electrons. The summed E-state index contributed by atoms with van der Waals surface area (Å²) in [6.07, 6.45) is 7.53. The van der Waals surface area contributed by atoms with Crippen molar-refractivity contribution < 1.29 is 59.3 Å². The van der Waals surface area contributed by atoms with Crippen molar-refractivity contribution in [2.75, 3.05) is 6.54 Å². The number of hydrogen-bond donors (Lipinski definition) is 6. The summed E-state index contributed by atoms with van der Waals surface area (Å²) in [6.45, 7) is 12.6. The SMILES string of the molecule is C/C1=C\[C@@H](C)C(=O)C[C@@H]([C@H](C)CC2CC[C@H](O)[C@@H](O)C2)OC(=O)[C@@H]2CCCN2C(=O)C[C@]2(O)O[C@@H](CC[C@H]2C)C[C@H](O)/C(C)=C/C=C/C=C/[C@@H](C)C[C@@H](C)C(=O)[C@H](O)[C@@H]1O. The summed E-state index contributed by atoms with van der Waals surface area (Å²) < 4.78 is 12.4. The second-order valence-corrected chi connectivity index (χ2v) is 18.7. The topological polar surface area (TPSA) is 211 Å². The maximum Gasteiger partial charge on any atom is 0.329 e. The molecular weight excluding hydrogens is 771 g/mol. The first-order valence-electron chi connectivity index (χ1n) is 22.3. The third-order valence-corrected chi connectivity index (χ3v) is 13.5. The molecule has 60 heavy (non-hydrogen) atoms. The number of carbonyl (C=O) groups excluding carboxylic acids is 4. The molecule has 3 fully saturated rings. The third-order valence-electron chi connectivity index (χ3n) is 13.5. The predicted octanol–water partition coefficient (Wildman–Crippen LogP) is 4.65. The van der Waals surface area contributed by atoms with Crippen LogP contribution in [0.2, 0.25) is 0 Å². The summed E-state index contributed by atoms with van der Waals surface area (Å²) in [5.41, 5.74) is 0.937. The van der Waals surface area contributed by atoms with Crippen LogP contribution in [0.3, 0.4) is 0 Å². The maximum atomic E-state index is 14.1. The average molecular weight is 844 g/mol. The van der Waals surface area contributed by atoms with Gasteiger partial charge in [-0.15, -0.1) is 0 Å². The van der Waals surface area contributed by atoms with E-state index in [2.05, 4.69) is 0 Å². The van der Waals surface area contributed by atoms with E-state index in [1.54, 1.807) is 39.8 Å². The molecule has 3 heterocycles. The Balaban J connectivity index is 1.62. The van der Waals surface area contributed by atoms with Crippen molar-refractivity contribution in [3.05, 3.63) is 47.6 Å². The number of amides is 1. The number of carbonyl (C=O) groups is 4. The number of nitrogens with zero attached hydrogens (tertiary/aromatic N) is 1. The van der Waals surface area contributed by atoms with E-state index in [9.17, 15) is 49.8 Å². The zero-order chi connectivity index (χ0) is 44.5. The molecule has 0 aromatic rings. The molecular formula is C47H73NO12. The first-order valence-corrected chi connectivity index (χ1v) is 22.3. The molecule has 0 spiro atoms. The lowest BCUT2D eigenvalue weighted by Gasteiger charge is -2.43. The second kappa shape index (κ2) is 22.4. The molecule has 13 heteroatoms. The molecule has 1 unspecified atom stereocenters. The maximum absolute atomic E-state index is 14.1. The van der Waals surface area contributed by atoms with Gasteiger partial charge in [0.2, 0.25) is 5.91 Å². The molecule has 15 atom stereocenters. The normalized spacial score (nSPS) is 42.5. The van der Waals surface area contributed by atoms with Crippen molar-refractivity contribution in [2.24, 2.45) is 35.5 Å². The van der Waals surface area contributed by atoms with Gasteiger partial charge in [-0.1, -0.05) is 71.1 Å². The molecule has 4 rings (SSSR count). The molecule has 0 aromatic carbocycles. The number of aliphatic hydroxyl groups is 6. The lowest BCUT2D eigenvalue weighted by atomic mass is 9.78.